The zero-order valence-electron chi connectivity index (χ0n) is 7.14. The molecule has 72 valence electrons. The van der Waals surface area contributed by atoms with E-state index in [9.17, 15) is 4.79 Å². The third-order valence-corrected chi connectivity index (χ3v) is 2.76. The average molecular weight is 273 g/mol. The monoisotopic (exact) mass is 272 g/mol. The average Bonchev–Trinajstić information content (AvgIpc) is 2.75. The van der Waals surface area contributed by atoms with Crippen molar-refractivity contribution >= 4 is 33.4 Å². The molecule has 0 unspecified atom stereocenters. The van der Waals surface area contributed by atoms with Crippen molar-refractivity contribution < 1.29 is 4.79 Å². The number of nitrogens with zero attached hydrogens (tertiary/aromatic N) is 4. The molecule has 2 aromatic rings. The van der Waals surface area contributed by atoms with Gasteiger partial charge in [0.15, 0.2) is 0 Å². The Kier molecular flexibility index (Phi) is 2.42. The highest BCUT2D eigenvalue weighted by Crippen LogP contribution is 2.18. The molecule has 0 amide bonds. The second-order valence-electron chi connectivity index (χ2n) is 2.59. The van der Waals surface area contributed by atoms with Gasteiger partial charge in [0.2, 0.25) is 5.78 Å². The Hall–Kier alpha value is -1.08. The molecule has 0 aliphatic heterocycles. The fraction of sp³-hybridized carbons (Fsp3) is 0.143. The number of halogens is 1. The van der Waals surface area contributed by atoms with E-state index in [2.05, 4.69) is 29.8 Å². The maximum Gasteiger partial charge on any atom is 0.233 e. The molecule has 0 aliphatic carbocycles. The molecule has 0 spiro atoms. The van der Waals surface area contributed by atoms with Crippen LogP contribution in [-0.4, -0.2) is 24.3 Å². The second-order valence-corrected chi connectivity index (χ2v) is 4.00. The van der Waals surface area contributed by atoms with Gasteiger partial charge >= 0.3 is 0 Å². The number of ketones is 1. The normalized spacial score (nSPS) is 10.4. The Morgan fingerprint density at radius 1 is 1.57 bits per heavy atom. The summed E-state index contributed by atoms with van der Waals surface area (Å²) in [5.74, 6) is -0.175. The first-order chi connectivity index (χ1) is 6.70. The number of carbonyl (C=O) groups excluding carboxylic acids is 1. The van der Waals surface area contributed by atoms with Crippen molar-refractivity contribution in [2.45, 2.75) is 0 Å². The fourth-order valence-electron chi connectivity index (χ4n) is 1.05. The van der Waals surface area contributed by atoms with Gasteiger partial charge < -0.3 is 0 Å². The second kappa shape index (κ2) is 3.58. The SMILES string of the molecule is Cn1ncc(Br)c1C(=O)c1cnsn1. The number of aromatic nitrogens is 4. The predicted molar refractivity (Wildman–Crippen MR) is 54.2 cm³/mol. The molecule has 0 N–H and O–H groups in total. The maximum atomic E-state index is 11.8. The first-order valence-corrected chi connectivity index (χ1v) is 5.22. The molecule has 2 aromatic heterocycles. The van der Waals surface area contributed by atoms with Gasteiger partial charge in [-0.2, -0.15) is 13.8 Å². The van der Waals surface area contributed by atoms with E-state index in [1.807, 2.05) is 0 Å². The van der Waals surface area contributed by atoms with Crippen molar-refractivity contribution in [2.24, 2.45) is 7.05 Å². The lowest BCUT2D eigenvalue weighted by molar-refractivity contribution is 0.102. The Labute approximate surface area is 92.2 Å². The lowest BCUT2D eigenvalue weighted by atomic mass is 10.2. The Bertz CT molecular complexity index is 444. The predicted octanol–water partition coefficient (Wildman–Crippen LogP) is 1.27. The van der Waals surface area contributed by atoms with E-state index in [4.69, 9.17) is 0 Å². The van der Waals surface area contributed by atoms with Gasteiger partial charge in [0.05, 0.1) is 28.6 Å². The fourth-order valence-corrected chi connectivity index (χ4v) is 1.99. The van der Waals surface area contributed by atoms with E-state index >= 15 is 0 Å². The zero-order valence-corrected chi connectivity index (χ0v) is 9.54. The van der Waals surface area contributed by atoms with Gasteiger partial charge in [-0.1, -0.05) is 0 Å². The zero-order chi connectivity index (χ0) is 10.1. The summed E-state index contributed by atoms with van der Waals surface area (Å²) in [6.45, 7) is 0. The third-order valence-electron chi connectivity index (χ3n) is 1.70. The van der Waals surface area contributed by atoms with Gasteiger partial charge in [0.25, 0.3) is 0 Å². The minimum absolute atomic E-state index is 0.175. The van der Waals surface area contributed by atoms with E-state index in [1.165, 1.54) is 10.9 Å². The van der Waals surface area contributed by atoms with Gasteiger partial charge in [-0.15, -0.1) is 0 Å². The van der Waals surface area contributed by atoms with Crippen LogP contribution >= 0.6 is 27.7 Å². The summed E-state index contributed by atoms with van der Waals surface area (Å²) in [5.41, 5.74) is 0.831. The van der Waals surface area contributed by atoms with Crippen LogP contribution in [0.25, 0.3) is 0 Å². The van der Waals surface area contributed by atoms with Crippen molar-refractivity contribution in [1.82, 2.24) is 18.5 Å². The topological polar surface area (TPSA) is 60.7 Å². The molecule has 14 heavy (non-hydrogen) atoms. The number of hydrogen-bond acceptors (Lipinski definition) is 5. The molecule has 5 nitrogen and oxygen atoms in total. The van der Waals surface area contributed by atoms with E-state index in [1.54, 1.807) is 13.2 Å². The van der Waals surface area contributed by atoms with Crippen LogP contribution in [0.3, 0.4) is 0 Å². The molecule has 0 aliphatic rings. The Morgan fingerprint density at radius 3 is 2.86 bits per heavy atom. The van der Waals surface area contributed by atoms with Crippen molar-refractivity contribution in [1.29, 1.82) is 0 Å². The number of hydrogen-bond donors (Lipinski definition) is 0. The highest BCUT2D eigenvalue weighted by molar-refractivity contribution is 9.10. The first-order valence-electron chi connectivity index (χ1n) is 3.70. The largest absolute Gasteiger partial charge is 0.285 e. The molecule has 0 saturated carbocycles. The van der Waals surface area contributed by atoms with Crippen molar-refractivity contribution in [3.05, 3.63) is 28.3 Å². The summed E-state index contributed by atoms with van der Waals surface area (Å²) in [5, 5.41) is 3.95. The van der Waals surface area contributed by atoms with Crippen molar-refractivity contribution in [3.8, 4) is 0 Å². The highest BCUT2D eigenvalue weighted by atomic mass is 79.9. The Morgan fingerprint density at radius 2 is 2.36 bits per heavy atom. The van der Waals surface area contributed by atoms with E-state index in [-0.39, 0.29) is 5.78 Å². The molecule has 0 aromatic carbocycles. The van der Waals surface area contributed by atoms with Crippen LogP contribution in [0.2, 0.25) is 0 Å². The molecule has 2 heterocycles. The van der Waals surface area contributed by atoms with Gasteiger partial charge in [0, 0.05) is 7.05 Å². The smallest absolute Gasteiger partial charge is 0.233 e. The third kappa shape index (κ3) is 1.48. The molecule has 2 rings (SSSR count). The summed E-state index contributed by atoms with van der Waals surface area (Å²) in [6, 6.07) is 0. The van der Waals surface area contributed by atoms with Crippen molar-refractivity contribution in [3.63, 3.8) is 0 Å². The van der Waals surface area contributed by atoms with Crippen LogP contribution in [0.15, 0.2) is 16.9 Å². The van der Waals surface area contributed by atoms with Gasteiger partial charge in [0.1, 0.15) is 11.4 Å². The van der Waals surface area contributed by atoms with Gasteiger partial charge in [-0.05, 0) is 15.9 Å². The summed E-state index contributed by atoms with van der Waals surface area (Å²) in [4.78, 5) is 11.8. The molecule has 0 bridgehead atoms. The van der Waals surface area contributed by atoms with Gasteiger partial charge in [-0.25, -0.2) is 0 Å². The summed E-state index contributed by atoms with van der Waals surface area (Å²) < 4.78 is 9.82. The van der Waals surface area contributed by atoms with Crippen LogP contribution in [0.4, 0.5) is 0 Å². The molecule has 0 radical (unpaired) electrons. The van der Waals surface area contributed by atoms with Crippen LogP contribution in [0, 0.1) is 0 Å². The maximum absolute atomic E-state index is 11.8. The molecule has 0 atom stereocenters. The lowest BCUT2D eigenvalue weighted by Crippen LogP contribution is -2.09. The number of carbonyl (C=O) groups is 1. The number of aryl methyl sites for hydroxylation is 1. The highest BCUT2D eigenvalue weighted by Gasteiger charge is 2.18. The quantitative estimate of drug-likeness (QED) is 0.773. The number of rotatable bonds is 2. The van der Waals surface area contributed by atoms with Crippen LogP contribution in [0.1, 0.15) is 16.2 Å². The summed E-state index contributed by atoms with van der Waals surface area (Å²) in [7, 11) is 1.71. The standard InChI is InChI=1S/C7H5BrN4OS/c1-12-6(4(8)2-9-12)7(13)5-3-10-14-11-5/h2-3H,1H3. The summed E-state index contributed by atoms with van der Waals surface area (Å²) in [6.07, 6.45) is 3.03. The summed E-state index contributed by atoms with van der Waals surface area (Å²) >= 11 is 4.27. The Balaban J connectivity index is 2.46. The minimum Gasteiger partial charge on any atom is -0.285 e. The molecule has 7 heteroatoms. The lowest BCUT2D eigenvalue weighted by Gasteiger charge is -1.97. The first kappa shape index (κ1) is 9.47. The minimum atomic E-state index is -0.175. The van der Waals surface area contributed by atoms with Crippen molar-refractivity contribution in [2.75, 3.05) is 0 Å². The molecular weight excluding hydrogens is 268 g/mol. The molecule has 0 saturated heterocycles. The van der Waals surface area contributed by atoms with Crippen LogP contribution in [-0.2, 0) is 7.05 Å². The molecular formula is C7H5BrN4OS. The molecule has 0 fully saturated rings. The van der Waals surface area contributed by atoms with E-state index in [0.29, 0.717) is 15.9 Å². The van der Waals surface area contributed by atoms with Crippen LogP contribution in [0.5, 0.6) is 0 Å². The van der Waals surface area contributed by atoms with Crippen LogP contribution < -0.4 is 0 Å². The van der Waals surface area contributed by atoms with Gasteiger partial charge in [-0.3, -0.25) is 9.48 Å². The van der Waals surface area contributed by atoms with E-state index in [0.717, 1.165) is 11.7 Å². The van der Waals surface area contributed by atoms with E-state index < -0.39 is 0 Å².